The number of rotatable bonds is 10. The highest BCUT2D eigenvalue weighted by atomic mass is 32.2. The molecular formula is C22H27N3O7S. The highest BCUT2D eigenvalue weighted by Crippen LogP contribution is 2.32. The van der Waals surface area contributed by atoms with E-state index in [1.54, 1.807) is 30.3 Å². The van der Waals surface area contributed by atoms with E-state index in [0.717, 1.165) is 0 Å². The Balaban J connectivity index is 1.31. The summed E-state index contributed by atoms with van der Waals surface area (Å²) in [7, 11) is -2.13. The number of hydrogen-bond acceptors (Lipinski definition) is 7. The molecule has 0 unspecified atom stereocenters. The van der Waals surface area contributed by atoms with Crippen molar-refractivity contribution >= 4 is 21.8 Å². The molecule has 0 aromatic heterocycles. The lowest BCUT2D eigenvalue weighted by atomic mass is 10.2. The molecule has 2 aromatic carbocycles. The van der Waals surface area contributed by atoms with Crippen molar-refractivity contribution in [3.63, 3.8) is 0 Å². The summed E-state index contributed by atoms with van der Waals surface area (Å²) in [6.45, 7) is 1.06. The molecule has 0 aliphatic carbocycles. The SMILES string of the molecule is COc1ccc(C(=O)NNC(=O)CCCCCNS(=O)(=O)c2ccc3c(c2)OCCO3)cc1. The van der Waals surface area contributed by atoms with Gasteiger partial charge < -0.3 is 14.2 Å². The van der Waals surface area contributed by atoms with E-state index >= 15 is 0 Å². The van der Waals surface area contributed by atoms with Crippen LogP contribution in [0.4, 0.5) is 0 Å². The lowest BCUT2D eigenvalue weighted by Gasteiger charge is -2.18. The third-order valence-electron chi connectivity index (χ3n) is 4.86. The molecule has 0 spiro atoms. The van der Waals surface area contributed by atoms with E-state index in [1.165, 1.54) is 19.2 Å². The van der Waals surface area contributed by atoms with E-state index in [0.29, 0.717) is 55.3 Å². The normalized spacial score (nSPS) is 12.6. The molecule has 2 aromatic rings. The number of unbranched alkanes of at least 4 members (excludes halogenated alkanes) is 2. The van der Waals surface area contributed by atoms with Gasteiger partial charge in [0.05, 0.1) is 12.0 Å². The van der Waals surface area contributed by atoms with Crippen molar-refractivity contribution in [2.75, 3.05) is 26.9 Å². The van der Waals surface area contributed by atoms with E-state index in [2.05, 4.69) is 15.6 Å². The number of sulfonamides is 1. The highest BCUT2D eigenvalue weighted by Gasteiger charge is 2.19. The van der Waals surface area contributed by atoms with Gasteiger partial charge in [-0.1, -0.05) is 6.42 Å². The largest absolute Gasteiger partial charge is 0.497 e. The smallest absolute Gasteiger partial charge is 0.269 e. The zero-order chi connectivity index (χ0) is 23.7. The highest BCUT2D eigenvalue weighted by molar-refractivity contribution is 7.89. The van der Waals surface area contributed by atoms with E-state index in [-0.39, 0.29) is 23.8 Å². The third kappa shape index (κ3) is 7.09. The zero-order valence-electron chi connectivity index (χ0n) is 18.3. The van der Waals surface area contributed by atoms with Crippen LogP contribution in [-0.4, -0.2) is 47.1 Å². The van der Waals surface area contributed by atoms with E-state index < -0.39 is 15.9 Å². The number of benzene rings is 2. The van der Waals surface area contributed by atoms with Crippen LogP contribution in [0.1, 0.15) is 36.0 Å². The van der Waals surface area contributed by atoms with E-state index in [1.807, 2.05) is 0 Å². The molecule has 2 amide bonds. The molecular weight excluding hydrogens is 450 g/mol. The van der Waals surface area contributed by atoms with Gasteiger partial charge in [0.25, 0.3) is 5.91 Å². The standard InChI is InChI=1S/C22H27N3O7S/c1-30-17-8-6-16(7-9-17)22(27)25-24-21(26)5-3-2-4-12-23-33(28,29)18-10-11-19-20(15-18)32-14-13-31-19/h6-11,15,23H,2-5,12-14H2,1H3,(H,24,26)(H,25,27). The number of carbonyl (C=O) groups excluding carboxylic acids is 2. The van der Waals surface area contributed by atoms with Crippen molar-refractivity contribution in [1.29, 1.82) is 0 Å². The van der Waals surface area contributed by atoms with Gasteiger partial charge in [0.1, 0.15) is 19.0 Å². The van der Waals surface area contributed by atoms with Gasteiger partial charge in [0, 0.05) is 24.6 Å². The zero-order valence-corrected chi connectivity index (χ0v) is 19.1. The van der Waals surface area contributed by atoms with Crippen LogP contribution in [0.3, 0.4) is 0 Å². The number of fused-ring (bicyclic) bond motifs is 1. The quantitative estimate of drug-likeness (QED) is 0.351. The Labute approximate surface area is 192 Å². The maximum Gasteiger partial charge on any atom is 0.269 e. The summed E-state index contributed by atoms with van der Waals surface area (Å²) in [4.78, 5) is 24.0. The molecule has 1 aliphatic heterocycles. The van der Waals surface area contributed by atoms with Gasteiger partial charge in [0.2, 0.25) is 15.9 Å². The topological polar surface area (TPSA) is 132 Å². The molecule has 1 aliphatic rings. The second kappa shape index (κ2) is 11.5. The Bertz CT molecular complexity index is 1070. The molecule has 178 valence electrons. The minimum Gasteiger partial charge on any atom is -0.497 e. The fourth-order valence-corrected chi connectivity index (χ4v) is 4.16. The van der Waals surface area contributed by atoms with Crippen molar-refractivity contribution in [3.8, 4) is 17.2 Å². The lowest BCUT2D eigenvalue weighted by Crippen LogP contribution is -2.41. The van der Waals surface area contributed by atoms with Gasteiger partial charge in [-0.25, -0.2) is 13.1 Å². The molecule has 0 radical (unpaired) electrons. The minimum atomic E-state index is -3.67. The van der Waals surface area contributed by atoms with Crippen molar-refractivity contribution < 1.29 is 32.2 Å². The Morgan fingerprint density at radius 1 is 0.939 bits per heavy atom. The average molecular weight is 478 g/mol. The molecule has 33 heavy (non-hydrogen) atoms. The summed E-state index contributed by atoms with van der Waals surface area (Å²) in [6, 6.07) is 11.0. The van der Waals surface area contributed by atoms with E-state index in [9.17, 15) is 18.0 Å². The summed E-state index contributed by atoms with van der Waals surface area (Å²) in [5, 5.41) is 0. The van der Waals surface area contributed by atoms with Gasteiger partial charge in [0.15, 0.2) is 11.5 Å². The molecule has 11 heteroatoms. The van der Waals surface area contributed by atoms with Crippen LogP contribution < -0.4 is 29.8 Å². The first-order valence-corrected chi connectivity index (χ1v) is 12.0. The summed E-state index contributed by atoms with van der Waals surface area (Å²) in [5.41, 5.74) is 5.12. The first kappa shape index (κ1) is 24.3. The molecule has 0 saturated heterocycles. The van der Waals surface area contributed by atoms with Crippen molar-refractivity contribution in [1.82, 2.24) is 15.6 Å². The second-order valence-electron chi connectivity index (χ2n) is 7.24. The maximum atomic E-state index is 12.4. The predicted octanol–water partition coefficient (Wildman–Crippen LogP) is 1.77. The number of amides is 2. The van der Waals surface area contributed by atoms with Crippen LogP contribution in [-0.2, 0) is 14.8 Å². The Hall–Kier alpha value is -3.31. The van der Waals surface area contributed by atoms with Crippen LogP contribution >= 0.6 is 0 Å². The molecule has 10 nitrogen and oxygen atoms in total. The van der Waals surface area contributed by atoms with Crippen LogP contribution in [0.15, 0.2) is 47.4 Å². The van der Waals surface area contributed by atoms with Gasteiger partial charge in [-0.2, -0.15) is 0 Å². The summed E-state index contributed by atoms with van der Waals surface area (Å²) in [6.07, 6.45) is 1.96. The first-order valence-electron chi connectivity index (χ1n) is 10.5. The van der Waals surface area contributed by atoms with Crippen LogP contribution in [0, 0.1) is 0 Å². The van der Waals surface area contributed by atoms with Crippen LogP contribution in [0.25, 0.3) is 0 Å². The molecule has 0 atom stereocenters. The van der Waals surface area contributed by atoms with Crippen LogP contribution in [0.2, 0.25) is 0 Å². The predicted molar refractivity (Wildman–Crippen MR) is 120 cm³/mol. The number of hydrogen-bond donors (Lipinski definition) is 3. The first-order chi connectivity index (χ1) is 15.9. The molecule has 1 heterocycles. The molecule has 0 bridgehead atoms. The van der Waals surface area contributed by atoms with Crippen molar-refractivity contribution in [2.24, 2.45) is 0 Å². The minimum absolute atomic E-state index is 0.110. The summed E-state index contributed by atoms with van der Waals surface area (Å²) >= 11 is 0. The lowest BCUT2D eigenvalue weighted by molar-refractivity contribution is -0.122. The average Bonchev–Trinajstić information content (AvgIpc) is 2.84. The number of carbonyl (C=O) groups is 2. The number of ether oxygens (including phenoxy) is 3. The summed E-state index contributed by atoms with van der Waals surface area (Å²) < 4.78 is 43.3. The van der Waals surface area contributed by atoms with Crippen molar-refractivity contribution in [3.05, 3.63) is 48.0 Å². The van der Waals surface area contributed by atoms with Gasteiger partial charge in [-0.3, -0.25) is 20.4 Å². The molecule has 3 rings (SSSR count). The second-order valence-corrected chi connectivity index (χ2v) is 9.01. The fraction of sp³-hybridized carbons (Fsp3) is 0.364. The fourth-order valence-electron chi connectivity index (χ4n) is 3.07. The number of hydrazine groups is 1. The van der Waals surface area contributed by atoms with Crippen molar-refractivity contribution in [2.45, 2.75) is 30.6 Å². The molecule has 0 saturated carbocycles. The maximum absolute atomic E-state index is 12.4. The van der Waals surface area contributed by atoms with Gasteiger partial charge >= 0.3 is 0 Å². The Morgan fingerprint density at radius 3 is 2.39 bits per heavy atom. The van der Waals surface area contributed by atoms with Crippen LogP contribution in [0.5, 0.6) is 17.2 Å². The summed E-state index contributed by atoms with van der Waals surface area (Å²) in [5.74, 6) is 0.810. The Kier molecular flexibility index (Phi) is 8.50. The number of methoxy groups -OCH3 is 1. The third-order valence-corrected chi connectivity index (χ3v) is 6.32. The number of nitrogens with one attached hydrogen (secondary N) is 3. The van der Waals surface area contributed by atoms with Gasteiger partial charge in [-0.05, 0) is 49.2 Å². The van der Waals surface area contributed by atoms with Gasteiger partial charge in [-0.15, -0.1) is 0 Å². The molecule has 0 fully saturated rings. The molecule has 3 N–H and O–H groups in total. The monoisotopic (exact) mass is 477 g/mol. The Morgan fingerprint density at radius 2 is 1.67 bits per heavy atom. The van der Waals surface area contributed by atoms with E-state index in [4.69, 9.17) is 14.2 Å².